The number of hydrogen-bond donors (Lipinski definition) is 1. The Morgan fingerprint density at radius 3 is 2.77 bits per heavy atom. The normalized spacial score (nSPS) is 10.2. The van der Waals surface area contributed by atoms with Gasteiger partial charge in [-0.05, 0) is 29.0 Å². The SMILES string of the molecule is O=Cc1cccc2cc(O)ccc12. The number of carbonyl (C=O) groups is 1. The molecule has 64 valence electrons. The Morgan fingerprint density at radius 2 is 2.00 bits per heavy atom. The first-order valence-corrected chi connectivity index (χ1v) is 3.98. The fourth-order valence-corrected chi connectivity index (χ4v) is 1.40. The van der Waals surface area contributed by atoms with Crippen LogP contribution >= 0.6 is 0 Å². The minimum Gasteiger partial charge on any atom is -0.508 e. The van der Waals surface area contributed by atoms with E-state index in [4.69, 9.17) is 0 Å². The van der Waals surface area contributed by atoms with Crippen molar-refractivity contribution in [2.45, 2.75) is 0 Å². The first kappa shape index (κ1) is 7.80. The van der Waals surface area contributed by atoms with Crippen molar-refractivity contribution in [2.75, 3.05) is 0 Å². The van der Waals surface area contributed by atoms with Gasteiger partial charge in [-0.1, -0.05) is 18.2 Å². The molecule has 0 aromatic heterocycles. The number of phenols is 1. The molecule has 0 saturated heterocycles. The lowest BCUT2D eigenvalue weighted by Crippen LogP contribution is -1.81. The van der Waals surface area contributed by atoms with Gasteiger partial charge in [-0.2, -0.15) is 0 Å². The zero-order valence-electron chi connectivity index (χ0n) is 6.90. The highest BCUT2D eigenvalue weighted by Crippen LogP contribution is 2.21. The molecule has 2 aromatic carbocycles. The molecule has 0 fully saturated rings. The summed E-state index contributed by atoms with van der Waals surface area (Å²) in [5.74, 6) is 0.218. The number of aromatic hydroxyl groups is 1. The molecule has 0 unspecified atom stereocenters. The summed E-state index contributed by atoms with van der Waals surface area (Å²) in [5.41, 5.74) is 0.650. The molecular formula is C11H8O2. The van der Waals surface area contributed by atoms with Gasteiger partial charge in [0.15, 0.2) is 6.29 Å². The summed E-state index contributed by atoms with van der Waals surface area (Å²) in [6, 6.07) is 10.4. The van der Waals surface area contributed by atoms with Gasteiger partial charge in [0.1, 0.15) is 5.75 Å². The van der Waals surface area contributed by atoms with Gasteiger partial charge >= 0.3 is 0 Å². The van der Waals surface area contributed by atoms with E-state index in [2.05, 4.69) is 0 Å². The molecule has 0 radical (unpaired) electrons. The van der Waals surface area contributed by atoms with Gasteiger partial charge in [0.25, 0.3) is 0 Å². The number of phenolic OH excluding ortho intramolecular Hbond substituents is 1. The van der Waals surface area contributed by atoms with Crippen LogP contribution in [0, 0.1) is 0 Å². The maximum Gasteiger partial charge on any atom is 0.150 e. The van der Waals surface area contributed by atoms with Crippen molar-refractivity contribution in [3.63, 3.8) is 0 Å². The fourth-order valence-electron chi connectivity index (χ4n) is 1.40. The quantitative estimate of drug-likeness (QED) is 0.670. The van der Waals surface area contributed by atoms with Crippen molar-refractivity contribution in [2.24, 2.45) is 0 Å². The van der Waals surface area contributed by atoms with Crippen LogP contribution in [-0.4, -0.2) is 11.4 Å². The van der Waals surface area contributed by atoms with E-state index in [9.17, 15) is 9.90 Å². The van der Waals surface area contributed by atoms with Crippen molar-refractivity contribution in [1.82, 2.24) is 0 Å². The lowest BCUT2D eigenvalue weighted by molar-refractivity contribution is 0.112. The fraction of sp³-hybridized carbons (Fsp3) is 0. The molecule has 0 atom stereocenters. The third kappa shape index (κ3) is 1.26. The third-order valence-corrected chi connectivity index (χ3v) is 2.02. The van der Waals surface area contributed by atoms with Gasteiger partial charge in [0.2, 0.25) is 0 Å². The van der Waals surface area contributed by atoms with Gasteiger partial charge in [0.05, 0.1) is 0 Å². The summed E-state index contributed by atoms with van der Waals surface area (Å²) in [7, 11) is 0. The number of rotatable bonds is 1. The number of carbonyl (C=O) groups excluding carboxylic acids is 1. The van der Waals surface area contributed by atoms with E-state index >= 15 is 0 Å². The number of hydrogen-bond acceptors (Lipinski definition) is 2. The maximum absolute atomic E-state index is 10.6. The number of benzene rings is 2. The van der Waals surface area contributed by atoms with Crippen LogP contribution in [0.25, 0.3) is 10.8 Å². The Labute approximate surface area is 75.4 Å². The molecule has 0 spiro atoms. The molecule has 13 heavy (non-hydrogen) atoms. The van der Waals surface area contributed by atoms with Crippen LogP contribution < -0.4 is 0 Å². The Hall–Kier alpha value is -1.83. The van der Waals surface area contributed by atoms with Crippen molar-refractivity contribution in [1.29, 1.82) is 0 Å². The summed E-state index contributed by atoms with van der Waals surface area (Å²) in [6.07, 6.45) is 0.819. The summed E-state index contributed by atoms with van der Waals surface area (Å²) in [5, 5.41) is 11.0. The molecule has 0 aliphatic rings. The van der Waals surface area contributed by atoms with Gasteiger partial charge in [-0.25, -0.2) is 0 Å². The Morgan fingerprint density at radius 1 is 1.15 bits per heavy atom. The first-order chi connectivity index (χ1) is 6.31. The second-order valence-electron chi connectivity index (χ2n) is 2.87. The summed E-state index contributed by atoms with van der Waals surface area (Å²) >= 11 is 0. The van der Waals surface area contributed by atoms with Crippen LogP contribution in [0.1, 0.15) is 10.4 Å². The number of aldehydes is 1. The van der Waals surface area contributed by atoms with Gasteiger partial charge in [-0.15, -0.1) is 0 Å². The zero-order valence-corrected chi connectivity index (χ0v) is 6.90. The zero-order chi connectivity index (χ0) is 9.26. The van der Waals surface area contributed by atoms with Crippen LogP contribution in [0.2, 0.25) is 0 Å². The highest BCUT2D eigenvalue weighted by atomic mass is 16.3. The molecule has 2 aromatic rings. The molecule has 1 N–H and O–H groups in total. The van der Waals surface area contributed by atoms with Gasteiger partial charge in [0, 0.05) is 5.56 Å². The average Bonchev–Trinajstić information content (AvgIpc) is 2.16. The Balaban J connectivity index is 2.84. The van der Waals surface area contributed by atoms with E-state index in [0.717, 1.165) is 17.1 Å². The van der Waals surface area contributed by atoms with E-state index < -0.39 is 0 Å². The minimum atomic E-state index is 0.218. The Bertz CT molecular complexity index is 461. The van der Waals surface area contributed by atoms with Crippen molar-refractivity contribution in [3.05, 3.63) is 42.0 Å². The minimum absolute atomic E-state index is 0.218. The molecule has 2 rings (SSSR count). The maximum atomic E-state index is 10.6. The van der Waals surface area contributed by atoms with Gasteiger partial charge < -0.3 is 5.11 Å². The lowest BCUT2D eigenvalue weighted by Gasteiger charge is -2.00. The second-order valence-corrected chi connectivity index (χ2v) is 2.87. The molecule has 0 bridgehead atoms. The monoisotopic (exact) mass is 172 g/mol. The summed E-state index contributed by atoms with van der Waals surface area (Å²) < 4.78 is 0. The Kier molecular flexibility index (Phi) is 1.74. The van der Waals surface area contributed by atoms with E-state index in [1.165, 1.54) is 0 Å². The molecule has 0 aliphatic carbocycles. The largest absolute Gasteiger partial charge is 0.508 e. The van der Waals surface area contributed by atoms with E-state index in [1.807, 2.05) is 6.07 Å². The van der Waals surface area contributed by atoms with Crippen molar-refractivity contribution >= 4 is 17.1 Å². The smallest absolute Gasteiger partial charge is 0.150 e. The van der Waals surface area contributed by atoms with Crippen LogP contribution in [-0.2, 0) is 0 Å². The van der Waals surface area contributed by atoms with E-state index in [0.29, 0.717) is 5.56 Å². The molecular weight excluding hydrogens is 164 g/mol. The van der Waals surface area contributed by atoms with E-state index in [1.54, 1.807) is 30.3 Å². The van der Waals surface area contributed by atoms with Crippen LogP contribution in [0.15, 0.2) is 36.4 Å². The van der Waals surface area contributed by atoms with Crippen LogP contribution in [0.3, 0.4) is 0 Å². The summed E-state index contributed by atoms with van der Waals surface area (Å²) in [6.45, 7) is 0. The summed E-state index contributed by atoms with van der Waals surface area (Å²) in [4.78, 5) is 10.6. The lowest BCUT2D eigenvalue weighted by atomic mass is 10.1. The molecule has 2 heteroatoms. The van der Waals surface area contributed by atoms with Crippen LogP contribution in [0.4, 0.5) is 0 Å². The van der Waals surface area contributed by atoms with Crippen molar-refractivity contribution < 1.29 is 9.90 Å². The van der Waals surface area contributed by atoms with Crippen LogP contribution in [0.5, 0.6) is 5.75 Å². The predicted molar refractivity (Wildman–Crippen MR) is 51.0 cm³/mol. The molecule has 0 aliphatic heterocycles. The molecule has 0 amide bonds. The first-order valence-electron chi connectivity index (χ1n) is 3.98. The average molecular weight is 172 g/mol. The second kappa shape index (κ2) is 2.90. The standard InChI is InChI=1S/C11H8O2/c12-7-9-3-1-2-8-6-10(13)4-5-11(8)9/h1-7,13H. The highest BCUT2D eigenvalue weighted by molar-refractivity contribution is 5.98. The highest BCUT2D eigenvalue weighted by Gasteiger charge is 1.99. The number of fused-ring (bicyclic) bond motifs is 1. The predicted octanol–water partition coefficient (Wildman–Crippen LogP) is 2.36. The van der Waals surface area contributed by atoms with E-state index in [-0.39, 0.29) is 5.75 Å². The molecule has 2 nitrogen and oxygen atoms in total. The molecule has 0 heterocycles. The third-order valence-electron chi connectivity index (χ3n) is 2.02. The topological polar surface area (TPSA) is 37.3 Å². The van der Waals surface area contributed by atoms with Crippen molar-refractivity contribution in [3.8, 4) is 5.75 Å². The van der Waals surface area contributed by atoms with Gasteiger partial charge in [-0.3, -0.25) is 4.79 Å². The molecule has 0 saturated carbocycles.